The van der Waals surface area contributed by atoms with Crippen molar-refractivity contribution in [2.75, 3.05) is 37.6 Å². The number of hydrogen-bond donors (Lipinski definition) is 4. The number of nitrogens with zero attached hydrogens (tertiary/aromatic N) is 2. The molecule has 7 nitrogen and oxygen atoms in total. The van der Waals surface area contributed by atoms with E-state index in [1.807, 2.05) is 18.2 Å². The van der Waals surface area contributed by atoms with Gasteiger partial charge in [0.15, 0.2) is 0 Å². The van der Waals surface area contributed by atoms with Crippen molar-refractivity contribution in [3.63, 3.8) is 0 Å². The quantitative estimate of drug-likeness (QED) is 0.356. The highest BCUT2D eigenvalue weighted by atomic mass is 16.4. The van der Waals surface area contributed by atoms with Crippen LogP contribution in [-0.4, -0.2) is 71.4 Å². The van der Waals surface area contributed by atoms with E-state index >= 15 is 0 Å². The Hall–Kier alpha value is -1.61. The van der Waals surface area contributed by atoms with Gasteiger partial charge in [0.25, 0.3) is 0 Å². The maximum Gasteiger partial charge on any atom is 0.451 e. The van der Waals surface area contributed by atoms with Crippen molar-refractivity contribution in [2.45, 2.75) is 37.5 Å². The van der Waals surface area contributed by atoms with E-state index in [4.69, 9.17) is 15.8 Å². The second-order valence-electron chi connectivity index (χ2n) is 7.10. The molecule has 0 saturated carbocycles. The number of anilines is 1. The molecule has 1 aliphatic heterocycles. The zero-order valence-electron chi connectivity index (χ0n) is 15.3. The number of carbonyl (C=O) groups is 1. The number of hydrogen-bond acceptors (Lipinski definition) is 6. The molecule has 1 aromatic rings. The topological polar surface area (TPSA) is 110 Å². The third kappa shape index (κ3) is 6.28. The van der Waals surface area contributed by atoms with Crippen LogP contribution in [0.15, 0.2) is 30.3 Å². The molecule has 0 aromatic heterocycles. The molecule has 0 bridgehead atoms. The zero-order valence-corrected chi connectivity index (χ0v) is 15.3. The van der Waals surface area contributed by atoms with Gasteiger partial charge in [-0.05, 0) is 31.3 Å². The monoisotopic (exact) mass is 363 g/mol. The van der Waals surface area contributed by atoms with Gasteiger partial charge in [0.05, 0.1) is 0 Å². The van der Waals surface area contributed by atoms with Gasteiger partial charge in [-0.1, -0.05) is 31.0 Å². The van der Waals surface area contributed by atoms with Crippen LogP contribution < -0.4 is 10.6 Å². The average molecular weight is 363 g/mol. The predicted molar refractivity (Wildman–Crippen MR) is 103 cm³/mol. The lowest BCUT2D eigenvalue weighted by Gasteiger charge is -2.37. The number of para-hydroxylation sites is 1. The number of nitrogens with two attached hydrogens (primary N) is 1. The van der Waals surface area contributed by atoms with Crippen LogP contribution >= 0.6 is 0 Å². The Kier molecular flexibility index (Phi) is 7.90. The molecule has 1 unspecified atom stereocenters. The lowest BCUT2D eigenvalue weighted by molar-refractivity contribution is -0.144. The van der Waals surface area contributed by atoms with Gasteiger partial charge in [-0.15, -0.1) is 0 Å². The molecule has 0 amide bonds. The van der Waals surface area contributed by atoms with Crippen molar-refractivity contribution >= 4 is 18.8 Å². The normalized spacial score (nSPS) is 17.7. The molecule has 0 spiro atoms. The van der Waals surface area contributed by atoms with Crippen LogP contribution in [0.4, 0.5) is 5.69 Å². The highest BCUT2D eigenvalue weighted by molar-refractivity contribution is 6.40. The summed E-state index contributed by atoms with van der Waals surface area (Å²) in [5.74, 6) is -0.982. The van der Waals surface area contributed by atoms with E-state index in [-0.39, 0.29) is 6.32 Å². The third-order valence-electron chi connectivity index (χ3n) is 5.13. The van der Waals surface area contributed by atoms with E-state index in [2.05, 4.69) is 21.9 Å². The summed E-state index contributed by atoms with van der Waals surface area (Å²) in [6.45, 7) is 4.28. The predicted octanol–water partition coefficient (Wildman–Crippen LogP) is 0.624. The molecule has 26 heavy (non-hydrogen) atoms. The van der Waals surface area contributed by atoms with Crippen LogP contribution in [0.5, 0.6) is 0 Å². The van der Waals surface area contributed by atoms with Crippen LogP contribution in [0.25, 0.3) is 0 Å². The van der Waals surface area contributed by atoms with E-state index < -0.39 is 18.6 Å². The Morgan fingerprint density at radius 3 is 2.31 bits per heavy atom. The number of rotatable bonds is 10. The van der Waals surface area contributed by atoms with Gasteiger partial charge >= 0.3 is 13.1 Å². The van der Waals surface area contributed by atoms with E-state index in [1.165, 1.54) is 5.69 Å². The van der Waals surface area contributed by atoms with Crippen LogP contribution in [0, 0.1) is 0 Å². The van der Waals surface area contributed by atoms with Gasteiger partial charge in [0.2, 0.25) is 0 Å². The molecule has 1 fully saturated rings. The maximum absolute atomic E-state index is 11.6. The Morgan fingerprint density at radius 2 is 1.73 bits per heavy atom. The summed E-state index contributed by atoms with van der Waals surface area (Å²) < 4.78 is 0. The Balaban J connectivity index is 1.76. The molecule has 1 saturated heterocycles. The molecule has 8 heteroatoms. The van der Waals surface area contributed by atoms with Gasteiger partial charge in [-0.3, -0.25) is 9.69 Å². The molecular formula is C18H30BN3O4. The van der Waals surface area contributed by atoms with Crippen molar-refractivity contribution in [3.8, 4) is 0 Å². The molecule has 1 heterocycles. The molecule has 0 radical (unpaired) electrons. The molecule has 5 N–H and O–H groups in total. The first-order chi connectivity index (χ1) is 12.4. The second kappa shape index (κ2) is 9.92. The highest BCUT2D eigenvalue weighted by Gasteiger charge is 2.34. The first-order valence-corrected chi connectivity index (χ1v) is 9.31. The summed E-state index contributed by atoms with van der Waals surface area (Å²) in [6, 6.07) is 10.3. The molecule has 0 aliphatic carbocycles. The molecule has 1 aromatic carbocycles. The minimum Gasteiger partial charge on any atom is -0.480 e. The van der Waals surface area contributed by atoms with Crippen molar-refractivity contribution < 1.29 is 19.9 Å². The number of carboxylic acid groups (broad SMARTS) is 1. The second-order valence-corrected chi connectivity index (χ2v) is 7.10. The third-order valence-corrected chi connectivity index (χ3v) is 5.13. The van der Waals surface area contributed by atoms with Crippen LogP contribution in [0.3, 0.4) is 0 Å². The van der Waals surface area contributed by atoms with Crippen LogP contribution in [0.1, 0.15) is 25.7 Å². The SMILES string of the molecule is NC(CCCCB(O)O)(CCN1CCN(c2ccccc2)CC1)C(=O)O. The van der Waals surface area contributed by atoms with Crippen LogP contribution in [0.2, 0.25) is 6.32 Å². The van der Waals surface area contributed by atoms with E-state index in [1.54, 1.807) is 0 Å². The molecule has 1 aliphatic rings. The summed E-state index contributed by atoms with van der Waals surface area (Å²) >= 11 is 0. The number of piperazine rings is 1. The van der Waals surface area contributed by atoms with Gasteiger partial charge in [0, 0.05) is 38.4 Å². The number of unbranched alkanes of at least 4 members (excludes halogenated alkanes) is 1. The minimum atomic E-state index is -1.34. The largest absolute Gasteiger partial charge is 0.480 e. The standard InChI is InChI=1S/C18H30BN3O4/c20-18(17(23)24,8-4-5-10-19(25)26)9-11-21-12-14-22(15-13-21)16-6-2-1-3-7-16/h1-3,6-7,25-26H,4-5,8-15,20H2,(H,23,24). The molecular weight excluding hydrogens is 333 g/mol. The van der Waals surface area contributed by atoms with Crippen LogP contribution in [-0.2, 0) is 4.79 Å². The maximum atomic E-state index is 11.6. The first kappa shape index (κ1) is 20.7. The summed E-state index contributed by atoms with van der Waals surface area (Å²) in [5, 5.41) is 27.2. The number of aliphatic carboxylic acids is 1. The fourth-order valence-electron chi connectivity index (χ4n) is 3.33. The lowest BCUT2D eigenvalue weighted by Crippen LogP contribution is -2.52. The fourth-order valence-corrected chi connectivity index (χ4v) is 3.33. The van der Waals surface area contributed by atoms with Gasteiger partial charge < -0.3 is 25.8 Å². The lowest BCUT2D eigenvalue weighted by atomic mass is 9.81. The zero-order chi connectivity index (χ0) is 19.0. The Labute approximate surface area is 155 Å². The Bertz CT molecular complexity index is 553. The van der Waals surface area contributed by atoms with E-state index in [9.17, 15) is 9.90 Å². The average Bonchev–Trinajstić information content (AvgIpc) is 2.64. The van der Waals surface area contributed by atoms with Gasteiger partial charge in [-0.25, -0.2) is 0 Å². The summed E-state index contributed by atoms with van der Waals surface area (Å²) in [7, 11) is -1.34. The summed E-state index contributed by atoms with van der Waals surface area (Å²) in [6.07, 6.45) is 2.12. The molecule has 144 valence electrons. The van der Waals surface area contributed by atoms with Crippen molar-refractivity contribution in [1.82, 2.24) is 4.90 Å². The van der Waals surface area contributed by atoms with E-state index in [0.717, 1.165) is 26.2 Å². The van der Waals surface area contributed by atoms with Crippen molar-refractivity contribution in [3.05, 3.63) is 30.3 Å². The van der Waals surface area contributed by atoms with Gasteiger partial charge in [0.1, 0.15) is 5.54 Å². The molecule has 1 atom stereocenters. The number of carboxylic acids is 1. The fraction of sp³-hybridized carbons (Fsp3) is 0.611. The van der Waals surface area contributed by atoms with E-state index in [0.29, 0.717) is 32.2 Å². The Morgan fingerprint density at radius 1 is 1.08 bits per heavy atom. The minimum absolute atomic E-state index is 0.247. The number of benzene rings is 1. The van der Waals surface area contributed by atoms with Crippen molar-refractivity contribution in [2.24, 2.45) is 5.73 Å². The molecule has 2 rings (SSSR count). The van der Waals surface area contributed by atoms with Crippen molar-refractivity contribution in [1.29, 1.82) is 0 Å². The smallest absolute Gasteiger partial charge is 0.451 e. The highest BCUT2D eigenvalue weighted by Crippen LogP contribution is 2.20. The van der Waals surface area contributed by atoms with Gasteiger partial charge in [-0.2, -0.15) is 0 Å². The first-order valence-electron chi connectivity index (χ1n) is 9.31. The summed E-state index contributed by atoms with van der Waals surface area (Å²) in [4.78, 5) is 16.2. The summed E-state index contributed by atoms with van der Waals surface area (Å²) in [5.41, 5.74) is 6.10.